The Morgan fingerprint density at radius 2 is 2.00 bits per heavy atom. The first-order valence-electron chi connectivity index (χ1n) is 9.09. The van der Waals surface area contributed by atoms with E-state index in [1.165, 1.54) is 30.3 Å². The maximum atomic E-state index is 13.5. The molecule has 5 nitrogen and oxygen atoms in total. The molecule has 2 amide bonds. The van der Waals surface area contributed by atoms with Gasteiger partial charge in [-0.25, -0.2) is 8.78 Å². The van der Waals surface area contributed by atoms with E-state index in [9.17, 15) is 18.4 Å². The van der Waals surface area contributed by atoms with Crippen molar-refractivity contribution in [3.8, 4) is 0 Å². The highest BCUT2D eigenvalue weighted by Crippen LogP contribution is 2.23. The lowest BCUT2D eigenvalue weighted by Gasteiger charge is -2.16. The topological polar surface area (TPSA) is 65.2 Å². The van der Waals surface area contributed by atoms with Crippen molar-refractivity contribution >= 4 is 28.4 Å². The van der Waals surface area contributed by atoms with Crippen molar-refractivity contribution in [1.82, 2.24) is 9.88 Å². The summed E-state index contributed by atoms with van der Waals surface area (Å²) < 4.78 is 26.7. The molecule has 4 rings (SSSR count). The Balaban J connectivity index is 1.38. The molecule has 0 radical (unpaired) electrons. The first-order chi connectivity index (χ1) is 13.5. The molecule has 2 N–H and O–H groups in total. The summed E-state index contributed by atoms with van der Waals surface area (Å²) in [5.41, 5.74) is 2.14. The lowest BCUT2D eigenvalue weighted by molar-refractivity contribution is -0.128. The zero-order valence-electron chi connectivity index (χ0n) is 15.0. The number of benzene rings is 2. The van der Waals surface area contributed by atoms with E-state index in [2.05, 4.69) is 10.3 Å². The molecule has 144 valence electrons. The third-order valence-electron chi connectivity index (χ3n) is 5.06. The number of anilines is 1. The SMILES string of the molecule is O=C(Nc1cccc(F)c1)C1CC(=O)N(CCc2c[nH]c3ccc(F)cc23)C1. The molecule has 1 fully saturated rings. The van der Waals surface area contributed by atoms with Gasteiger partial charge in [-0.3, -0.25) is 9.59 Å². The molecule has 1 unspecified atom stereocenters. The second kappa shape index (κ2) is 7.42. The maximum Gasteiger partial charge on any atom is 0.229 e. The molecular formula is C21H19F2N3O2. The highest BCUT2D eigenvalue weighted by molar-refractivity contribution is 5.97. The van der Waals surface area contributed by atoms with Crippen molar-refractivity contribution in [3.63, 3.8) is 0 Å². The van der Waals surface area contributed by atoms with Crippen molar-refractivity contribution < 1.29 is 18.4 Å². The van der Waals surface area contributed by atoms with E-state index in [-0.39, 0.29) is 24.1 Å². The smallest absolute Gasteiger partial charge is 0.229 e. The zero-order chi connectivity index (χ0) is 19.7. The normalized spacial score (nSPS) is 16.7. The summed E-state index contributed by atoms with van der Waals surface area (Å²) in [5, 5.41) is 3.46. The van der Waals surface area contributed by atoms with E-state index in [1.54, 1.807) is 17.0 Å². The van der Waals surface area contributed by atoms with Gasteiger partial charge in [0.1, 0.15) is 11.6 Å². The molecule has 7 heteroatoms. The Morgan fingerprint density at radius 3 is 2.82 bits per heavy atom. The van der Waals surface area contributed by atoms with Crippen molar-refractivity contribution in [3.05, 3.63) is 65.9 Å². The monoisotopic (exact) mass is 383 g/mol. The summed E-state index contributed by atoms with van der Waals surface area (Å²) in [5.74, 6) is -1.60. The Hall–Kier alpha value is -3.22. The van der Waals surface area contributed by atoms with Crippen LogP contribution < -0.4 is 5.32 Å². The predicted molar refractivity (Wildman–Crippen MR) is 102 cm³/mol. The fourth-order valence-corrected chi connectivity index (χ4v) is 3.59. The number of aromatic amines is 1. The van der Waals surface area contributed by atoms with Gasteiger partial charge in [0.25, 0.3) is 0 Å². The number of nitrogens with zero attached hydrogens (tertiary/aromatic N) is 1. The van der Waals surface area contributed by atoms with E-state index >= 15 is 0 Å². The zero-order valence-corrected chi connectivity index (χ0v) is 15.0. The summed E-state index contributed by atoms with van der Waals surface area (Å²) in [6.07, 6.45) is 2.51. The number of aromatic nitrogens is 1. The molecule has 1 saturated heterocycles. The molecule has 0 bridgehead atoms. The van der Waals surface area contributed by atoms with E-state index in [1.807, 2.05) is 6.20 Å². The Kier molecular flexibility index (Phi) is 4.81. The van der Waals surface area contributed by atoms with Crippen molar-refractivity contribution in [1.29, 1.82) is 0 Å². The number of likely N-dealkylation sites (tertiary alicyclic amines) is 1. The highest BCUT2D eigenvalue weighted by Gasteiger charge is 2.34. The quantitative estimate of drug-likeness (QED) is 0.709. The van der Waals surface area contributed by atoms with Gasteiger partial charge in [-0.05, 0) is 48.4 Å². The van der Waals surface area contributed by atoms with E-state index < -0.39 is 11.7 Å². The van der Waals surface area contributed by atoms with Crippen LogP contribution in [0.5, 0.6) is 0 Å². The van der Waals surface area contributed by atoms with Crippen LogP contribution in [-0.4, -0.2) is 34.8 Å². The van der Waals surface area contributed by atoms with Crippen LogP contribution in [-0.2, 0) is 16.0 Å². The molecule has 0 saturated carbocycles. The minimum absolute atomic E-state index is 0.0922. The first kappa shape index (κ1) is 18.2. The molecule has 1 atom stereocenters. The molecule has 3 aromatic rings. The average Bonchev–Trinajstić information content (AvgIpc) is 3.23. The van der Waals surface area contributed by atoms with Crippen LogP contribution in [0.2, 0.25) is 0 Å². The summed E-state index contributed by atoms with van der Waals surface area (Å²) in [6, 6.07) is 10.2. The van der Waals surface area contributed by atoms with Crippen LogP contribution in [0.15, 0.2) is 48.7 Å². The van der Waals surface area contributed by atoms with Gasteiger partial charge < -0.3 is 15.2 Å². The maximum absolute atomic E-state index is 13.5. The number of rotatable bonds is 5. The van der Waals surface area contributed by atoms with Gasteiger partial charge in [0.05, 0.1) is 5.92 Å². The third-order valence-corrected chi connectivity index (χ3v) is 5.06. The van der Waals surface area contributed by atoms with Gasteiger partial charge in [0.15, 0.2) is 0 Å². The number of halogens is 2. The standard InChI is InChI=1S/C21H19F2N3O2/c22-15-2-1-3-17(9-15)25-21(28)14-8-20(27)26(12-14)7-6-13-11-24-19-5-4-16(23)10-18(13)19/h1-5,9-11,14,24H,6-8,12H2,(H,25,28). The number of H-pyrrole nitrogens is 1. The van der Waals surface area contributed by atoms with Gasteiger partial charge in [-0.1, -0.05) is 6.07 Å². The Labute approximate surface area is 160 Å². The summed E-state index contributed by atoms with van der Waals surface area (Å²) in [6.45, 7) is 0.767. The summed E-state index contributed by atoms with van der Waals surface area (Å²) in [4.78, 5) is 29.4. The van der Waals surface area contributed by atoms with Crippen LogP contribution in [0.3, 0.4) is 0 Å². The second-order valence-corrected chi connectivity index (χ2v) is 6.99. The minimum Gasteiger partial charge on any atom is -0.361 e. The van der Waals surface area contributed by atoms with Gasteiger partial charge in [0.2, 0.25) is 11.8 Å². The summed E-state index contributed by atoms with van der Waals surface area (Å²) >= 11 is 0. The Bertz CT molecular complexity index is 1050. The molecule has 2 aromatic carbocycles. The summed E-state index contributed by atoms with van der Waals surface area (Å²) in [7, 11) is 0. The van der Waals surface area contributed by atoms with Crippen molar-refractivity contribution in [2.75, 3.05) is 18.4 Å². The number of amides is 2. The number of hydrogen-bond donors (Lipinski definition) is 2. The molecule has 0 spiro atoms. The largest absolute Gasteiger partial charge is 0.361 e. The molecule has 1 aliphatic heterocycles. The molecule has 28 heavy (non-hydrogen) atoms. The number of carbonyl (C=O) groups excluding carboxylic acids is 2. The number of fused-ring (bicyclic) bond motifs is 1. The van der Waals surface area contributed by atoms with Crippen LogP contribution >= 0.6 is 0 Å². The first-order valence-corrected chi connectivity index (χ1v) is 9.09. The number of nitrogens with one attached hydrogen (secondary N) is 2. The highest BCUT2D eigenvalue weighted by atomic mass is 19.1. The average molecular weight is 383 g/mol. The number of hydrogen-bond acceptors (Lipinski definition) is 2. The lowest BCUT2D eigenvalue weighted by atomic mass is 10.1. The van der Waals surface area contributed by atoms with Gasteiger partial charge >= 0.3 is 0 Å². The van der Waals surface area contributed by atoms with Crippen molar-refractivity contribution in [2.24, 2.45) is 5.92 Å². The fourth-order valence-electron chi connectivity index (χ4n) is 3.59. The van der Waals surface area contributed by atoms with E-state index in [0.717, 1.165) is 16.5 Å². The lowest BCUT2D eigenvalue weighted by Crippen LogP contribution is -2.30. The van der Waals surface area contributed by atoms with Crippen LogP contribution in [0, 0.1) is 17.6 Å². The Morgan fingerprint density at radius 1 is 1.18 bits per heavy atom. The van der Waals surface area contributed by atoms with Gasteiger partial charge in [-0.15, -0.1) is 0 Å². The molecule has 0 aliphatic carbocycles. The molecular weight excluding hydrogens is 364 g/mol. The third kappa shape index (κ3) is 3.74. The van der Waals surface area contributed by atoms with Crippen molar-refractivity contribution in [2.45, 2.75) is 12.8 Å². The second-order valence-electron chi connectivity index (χ2n) is 6.99. The number of carbonyl (C=O) groups is 2. The van der Waals surface area contributed by atoms with E-state index in [0.29, 0.717) is 25.2 Å². The molecule has 1 aliphatic rings. The molecule has 2 heterocycles. The van der Waals surface area contributed by atoms with Crippen LogP contribution in [0.1, 0.15) is 12.0 Å². The molecule has 1 aromatic heterocycles. The fraction of sp³-hybridized carbons (Fsp3) is 0.238. The van der Waals surface area contributed by atoms with Gasteiger partial charge in [0, 0.05) is 42.3 Å². The van der Waals surface area contributed by atoms with E-state index in [4.69, 9.17) is 0 Å². The van der Waals surface area contributed by atoms with Gasteiger partial charge in [-0.2, -0.15) is 0 Å². The predicted octanol–water partition coefficient (Wildman–Crippen LogP) is 3.48. The minimum atomic E-state index is -0.476. The van der Waals surface area contributed by atoms with Crippen LogP contribution in [0.25, 0.3) is 10.9 Å². The van der Waals surface area contributed by atoms with Crippen LogP contribution in [0.4, 0.5) is 14.5 Å².